The Morgan fingerprint density at radius 2 is 1.74 bits per heavy atom. The first kappa shape index (κ1) is 18.6. The number of aromatic nitrogens is 1. The Balaban J connectivity index is 1.61. The third-order valence-electron chi connectivity index (χ3n) is 3.41. The molecule has 1 aromatic heterocycles. The summed E-state index contributed by atoms with van der Waals surface area (Å²) in [6.07, 6.45) is 1.59. The number of anilines is 1. The van der Waals surface area contributed by atoms with E-state index in [2.05, 4.69) is 10.3 Å². The van der Waals surface area contributed by atoms with Gasteiger partial charge in [-0.15, -0.1) is 0 Å². The molecular weight excluding hydrogens is 367 g/mol. The minimum absolute atomic E-state index is 0.279. The second kappa shape index (κ2) is 8.95. The summed E-state index contributed by atoms with van der Waals surface area (Å²) < 4.78 is 18.0. The number of amides is 1. The van der Waals surface area contributed by atoms with E-state index in [1.165, 1.54) is 36.0 Å². The topological polar surface area (TPSA) is 68.3 Å². The summed E-state index contributed by atoms with van der Waals surface area (Å²) in [7, 11) is 0. The summed E-state index contributed by atoms with van der Waals surface area (Å²) >= 11 is 1.33. The standard InChI is InChI=1S/C20H15FN2O3S/c21-14-8-10-15(11-9-14)23-18(24)13-26-20(25)17-7-4-12-22-19(17)27-16-5-2-1-3-6-16/h1-12H,13H2,(H,23,24). The van der Waals surface area contributed by atoms with Crippen LogP contribution in [0.15, 0.2) is 82.8 Å². The molecule has 3 rings (SSSR count). The van der Waals surface area contributed by atoms with Crippen molar-refractivity contribution in [3.63, 3.8) is 0 Å². The predicted molar refractivity (Wildman–Crippen MR) is 100 cm³/mol. The van der Waals surface area contributed by atoms with Crippen LogP contribution in [0.5, 0.6) is 0 Å². The molecule has 2 aromatic carbocycles. The molecule has 1 amide bonds. The number of hydrogen-bond acceptors (Lipinski definition) is 5. The first-order chi connectivity index (χ1) is 13.1. The number of carbonyl (C=O) groups excluding carboxylic acids is 2. The van der Waals surface area contributed by atoms with E-state index in [1.54, 1.807) is 18.3 Å². The fourth-order valence-corrected chi connectivity index (χ4v) is 3.06. The van der Waals surface area contributed by atoms with Gasteiger partial charge in [-0.3, -0.25) is 4.79 Å². The predicted octanol–water partition coefficient (Wildman–Crippen LogP) is 4.17. The summed E-state index contributed by atoms with van der Waals surface area (Å²) in [5.41, 5.74) is 0.695. The molecular formula is C20H15FN2O3S. The van der Waals surface area contributed by atoms with Crippen LogP contribution in [0.1, 0.15) is 10.4 Å². The minimum atomic E-state index is -0.643. The van der Waals surface area contributed by atoms with Gasteiger partial charge in [-0.2, -0.15) is 0 Å². The third-order valence-corrected chi connectivity index (χ3v) is 4.44. The lowest BCUT2D eigenvalue weighted by atomic mass is 10.3. The van der Waals surface area contributed by atoms with E-state index >= 15 is 0 Å². The number of pyridine rings is 1. The van der Waals surface area contributed by atoms with Crippen LogP contribution in [0.2, 0.25) is 0 Å². The van der Waals surface area contributed by atoms with Crippen LogP contribution in [0.3, 0.4) is 0 Å². The van der Waals surface area contributed by atoms with Crippen LogP contribution in [0.4, 0.5) is 10.1 Å². The molecule has 1 N–H and O–H groups in total. The average Bonchev–Trinajstić information content (AvgIpc) is 2.69. The Bertz CT molecular complexity index is 933. The molecule has 0 unspecified atom stereocenters. The molecule has 3 aromatic rings. The van der Waals surface area contributed by atoms with Gasteiger partial charge in [0, 0.05) is 16.8 Å². The lowest BCUT2D eigenvalue weighted by molar-refractivity contribution is -0.119. The molecule has 0 aliphatic heterocycles. The summed E-state index contributed by atoms with van der Waals surface area (Å²) in [6, 6.07) is 18.0. The van der Waals surface area contributed by atoms with Gasteiger partial charge in [-0.25, -0.2) is 14.2 Å². The minimum Gasteiger partial charge on any atom is -0.452 e. The summed E-state index contributed by atoms with van der Waals surface area (Å²) in [5, 5.41) is 3.02. The van der Waals surface area contributed by atoms with E-state index in [1.807, 2.05) is 30.3 Å². The molecule has 27 heavy (non-hydrogen) atoms. The molecule has 0 aliphatic carbocycles. The maximum atomic E-state index is 12.9. The fraction of sp³-hybridized carbons (Fsp3) is 0.0500. The van der Waals surface area contributed by atoms with Crippen molar-refractivity contribution in [1.82, 2.24) is 4.98 Å². The van der Waals surface area contributed by atoms with E-state index in [-0.39, 0.29) is 5.56 Å². The Kier molecular flexibility index (Phi) is 6.17. The lowest BCUT2D eigenvalue weighted by Gasteiger charge is -2.09. The summed E-state index contributed by atoms with van der Waals surface area (Å²) in [4.78, 5) is 29.4. The van der Waals surface area contributed by atoms with Crippen molar-refractivity contribution < 1.29 is 18.7 Å². The Labute approximate surface area is 159 Å². The second-order valence-electron chi connectivity index (χ2n) is 5.40. The molecule has 0 saturated carbocycles. The first-order valence-electron chi connectivity index (χ1n) is 8.02. The maximum Gasteiger partial charge on any atom is 0.341 e. The third kappa shape index (κ3) is 5.39. The number of carbonyl (C=O) groups is 2. The van der Waals surface area contributed by atoms with Crippen molar-refractivity contribution in [3.8, 4) is 0 Å². The van der Waals surface area contributed by atoms with Crippen molar-refractivity contribution >= 4 is 29.3 Å². The monoisotopic (exact) mass is 382 g/mol. The van der Waals surface area contributed by atoms with Crippen LogP contribution < -0.4 is 5.32 Å². The van der Waals surface area contributed by atoms with Gasteiger partial charge in [-0.1, -0.05) is 30.0 Å². The zero-order valence-corrected chi connectivity index (χ0v) is 14.9. The summed E-state index contributed by atoms with van der Waals surface area (Å²) in [5.74, 6) is -1.56. The Hall–Kier alpha value is -3.19. The summed E-state index contributed by atoms with van der Waals surface area (Å²) in [6.45, 7) is -0.458. The van der Waals surface area contributed by atoms with Gasteiger partial charge in [-0.05, 0) is 48.5 Å². The molecule has 0 fully saturated rings. The van der Waals surface area contributed by atoms with Crippen LogP contribution >= 0.6 is 11.8 Å². The molecule has 0 saturated heterocycles. The quantitative estimate of drug-likeness (QED) is 0.648. The highest BCUT2D eigenvalue weighted by Crippen LogP contribution is 2.28. The molecule has 1 heterocycles. The van der Waals surface area contributed by atoms with Crippen molar-refractivity contribution in [2.45, 2.75) is 9.92 Å². The van der Waals surface area contributed by atoms with Crippen molar-refractivity contribution in [2.24, 2.45) is 0 Å². The van der Waals surface area contributed by atoms with Gasteiger partial charge in [0.25, 0.3) is 5.91 Å². The van der Waals surface area contributed by atoms with Crippen molar-refractivity contribution in [2.75, 3.05) is 11.9 Å². The van der Waals surface area contributed by atoms with Crippen LogP contribution in [-0.2, 0) is 9.53 Å². The zero-order chi connectivity index (χ0) is 19.1. The molecule has 0 atom stereocenters. The number of nitrogens with zero attached hydrogens (tertiary/aromatic N) is 1. The Morgan fingerprint density at radius 3 is 2.48 bits per heavy atom. The normalized spacial score (nSPS) is 10.3. The number of benzene rings is 2. The maximum absolute atomic E-state index is 12.9. The fourth-order valence-electron chi connectivity index (χ4n) is 2.17. The number of halogens is 1. The SMILES string of the molecule is O=C(COC(=O)c1cccnc1Sc1ccccc1)Nc1ccc(F)cc1. The molecule has 0 bridgehead atoms. The van der Waals surface area contributed by atoms with Crippen molar-refractivity contribution in [1.29, 1.82) is 0 Å². The van der Waals surface area contributed by atoms with Crippen LogP contribution in [0, 0.1) is 5.82 Å². The first-order valence-corrected chi connectivity index (χ1v) is 8.84. The van der Waals surface area contributed by atoms with E-state index in [4.69, 9.17) is 4.74 Å². The Morgan fingerprint density at radius 1 is 1.00 bits per heavy atom. The highest BCUT2D eigenvalue weighted by atomic mass is 32.2. The highest BCUT2D eigenvalue weighted by Gasteiger charge is 2.16. The lowest BCUT2D eigenvalue weighted by Crippen LogP contribution is -2.21. The zero-order valence-electron chi connectivity index (χ0n) is 14.1. The second-order valence-corrected chi connectivity index (χ2v) is 6.46. The van der Waals surface area contributed by atoms with E-state index in [0.717, 1.165) is 4.90 Å². The van der Waals surface area contributed by atoms with Gasteiger partial charge in [0.05, 0.1) is 5.56 Å². The van der Waals surface area contributed by atoms with Gasteiger partial charge < -0.3 is 10.1 Å². The van der Waals surface area contributed by atoms with E-state index in [0.29, 0.717) is 10.7 Å². The molecule has 5 nitrogen and oxygen atoms in total. The van der Waals surface area contributed by atoms with E-state index < -0.39 is 24.3 Å². The number of esters is 1. The highest BCUT2D eigenvalue weighted by molar-refractivity contribution is 7.99. The number of rotatable bonds is 6. The van der Waals surface area contributed by atoms with Gasteiger partial charge >= 0.3 is 5.97 Å². The molecule has 136 valence electrons. The molecule has 0 radical (unpaired) electrons. The largest absolute Gasteiger partial charge is 0.452 e. The van der Waals surface area contributed by atoms with Crippen molar-refractivity contribution in [3.05, 3.63) is 84.3 Å². The molecule has 0 aliphatic rings. The van der Waals surface area contributed by atoms with Crippen LogP contribution in [0.25, 0.3) is 0 Å². The van der Waals surface area contributed by atoms with Crippen LogP contribution in [-0.4, -0.2) is 23.5 Å². The van der Waals surface area contributed by atoms with Gasteiger partial charge in [0.15, 0.2) is 6.61 Å². The van der Waals surface area contributed by atoms with Gasteiger partial charge in [0.1, 0.15) is 10.8 Å². The average molecular weight is 382 g/mol. The van der Waals surface area contributed by atoms with Gasteiger partial charge in [0.2, 0.25) is 0 Å². The number of hydrogen-bond donors (Lipinski definition) is 1. The van der Waals surface area contributed by atoms with E-state index in [9.17, 15) is 14.0 Å². The molecule has 0 spiro atoms. The number of nitrogens with one attached hydrogen (secondary N) is 1. The molecule has 7 heteroatoms. The smallest absolute Gasteiger partial charge is 0.341 e. The number of ether oxygens (including phenoxy) is 1.